The van der Waals surface area contributed by atoms with Crippen LogP contribution in [0.1, 0.15) is 32.6 Å². The van der Waals surface area contributed by atoms with Crippen LogP contribution in [0, 0.1) is 11.8 Å². The van der Waals surface area contributed by atoms with E-state index in [0.717, 1.165) is 0 Å². The highest BCUT2D eigenvalue weighted by Gasteiger charge is 2.30. The lowest BCUT2D eigenvalue weighted by Gasteiger charge is -2.13. The van der Waals surface area contributed by atoms with Gasteiger partial charge in [0.1, 0.15) is 4.58 Å². The van der Waals surface area contributed by atoms with Crippen LogP contribution >= 0.6 is 0 Å². The maximum atomic E-state index is 12.2. The summed E-state index contributed by atoms with van der Waals surface area (Å²) in [4.78, 5) is 22.7. The lowest BCUT2D eigenvalue weighted by atomic mass is 10.1. The van der Waals surface area contributed by atoms with E-state index in [1.54, 1.807) is 6.92 Å². The summed E-state index contributed by atoms with van der Waals surface area (Å²) in [6.07, 6.45) is 2.39. The highest BCUT2D eigenvalue weighted by molar-refractivity contribution is 8.02. The Morgan fingerprint density at radius 1 is 0.955 bits per heavy atom. The van der Waals surface area contributed by atoms with Crippen LogP contribution in [0.5, 0.6) is 0 Å². The first-order chi connectivity index (χ1) is 10.5. The zero-order valence-electron chi connectivity index (χ0n) is 12.7. The van der Waals surface area contributed by atoms with Gasteiger partial charge in [-0.05, 0) is 32.6 Å². The topological polar surface area (TPSA) is 86.7 Å². The highest BCUT2D eigenvalue weighted by Crippen LogP contribution is 2.21. The van der Waals surface area contributed by atoms with Crippen LogP contribution in [0.25, 0.3) is 0 Å². The van der Waals surface area contributed by atoms with Gasteiger partial charge < -0.3 is 9.47 Å². The molecule has 2 aliphatic rings. The van der Waals surface area contributed by atoms with Gasteiger partial charge in [0.15, 0.2) is 0 Å². The Hall–Kier alpha value is -0.760. The second-order valence-electron chi connectivity index (χ2n) is 5.62. The van der Waals surface area contributed by atoms with Gasteiger partial charge in [0.05, 0.1) is 25.0 Å². The van der Waals surface area contributed by atoms with Crippen molar-refractivity contribution in [1.29, 1.82) is 0 Å². The summed E-state index contributed by atoms with van der Waals surface area (Å²) < 4.78 is 33.7. The molecule has 2 saturated heterocycles. The van der Waals surface area contributed by atoms with Crippen LogP contribution in [0.4, 0.5) is 0 Å². The minimum atomic E-state index is -1.24. The first-order valence-electron chi connectivity index (χ1n) is 7.56. The van der Waals surface area contributed by atoms with Crippen molar-refractivity contribution in [2.75, 3.05) is 24.7 Å². The van der Waals surface area contributed by atoms with Gasteiger partial charge in [-0.3, -0.25) is 18.0 Å². The Morgan fingerprint density at radius 3 is 1.68 bits per heavy atom. The normalized spacial score (nSPS) is 29.0. The molecular weight excluding hydrogens is 328 g/mol. The van der Waals surface area contributed by atoms with Gasteiger partial charge in [0.2, 0.25) is 0 Å². The molecule has 8 heteroatoms. The lowest BCUT2D eigenvalue weighted by molar-refractivity contribution is -0.142. The van der Waals surface area contributed by atoms with Crippen molar-refractivity contribution >= 4 is 33.5 Å². The molecule has 0 aromatic rings. The number of esters is 2. The van der Waals surface area contributed by atoms with Crippen molar-refractivity contribution in [1.82, 2.24) is 0 Å². The lowest BCUT2D eigenvalue weighted by Crippen LogP contribution is -2.24. The molecule has 0 aliphatic carbocycles. The molecule has 4 atom stereocenters. The van der Waals surface area contributed by atoms with Gasteiger partial charge in [0, 0.05) is 33.1 Å². The van der Waals surface area contributed by atoms with Crippen molar-refractivity contribution < 1.29 is 27.5 Å². The second-order valence-corrected chi connectivity index (χ2v) is 9.67. The number of hydrogen-bond acceptors (Lipinski definition) is 6. The van der Waals surface area contributed by atoms with Crippen molar-refractivity contribution in [2.45, 2.75) is 37.2 Å². The average molecular weight is 350 g/mol. The fourth-order valence-electron chi connectivity index (χ4n) is 2.57. The number of carbonyl (C=O) groups is 2. The fraction of sp³-hybridized carbons (Fsp3) is 0.857. The molecule has 0 spiro atoms. The third-order valence-corrected chi connectivity index (χ3v) is 8.21. The molecule has 4 unspecified atom stereocenters. The molecule has 0 N–H and O–H groups in total. The van der Waals surface area contributed by atoms with Crippen LogP contribution in [0.2, 0.25) is 0 Å². The Labute approximate surface area is 135 Å². The smallest absolute Gasteiger partial charge is 0.309 e. The number of rotatable bonds is 8. The summed E-state index contributed by atoms with van der Waals surface area (Å²) in [6.45, 7) is 2.58. The van der Waals surface area contributed by atoms with Gasteiger partial charge in [-0.25, -0.2) is 0 Å². The second kappa shape index (κ2) is 8.19. The van der Waals surface area contributed by atoms with Crippen molar-refractivity contribution in [3.8, 4) is 0 Å². The summed E-state index contributed by atoms with van der Waals surface area (Å²) in [5, 5.41) is 0. The zero-order chi connectivity index (χ0) is 16.1. The first kappa shape index (κ1) is 17.6. The molecule has 2 rings (SSSR count). The van der Waals surface area contributed by atoms with Crippen LogP contribution in [-0.2, 0) is 40.7 Å². The molecule has 0 saturated carbocycles. The largest absolute Gasteiger partial charge is 0.465 e. The van der Waals surface area contributed by atoms with E-state index in [2.05, 4.69) is 0 Å². The minimum absolute atomic E-state index is 0.169. The summed E-state index contributed by atoms with van der Waals surface area (Å²) in [6, 6.07) is 0. The van der Waals surface area contributed by atoms with Crippen molar-refractivity contribution in [2.24, 2.45) is 11.8 Å². The van der Waals surface area contributed by atoms with Gasteiger partial charge >= 0.3 is 11.9 Å². The predicted molar refractivity (Wildman–Crippen MR) is 82.8 cm³/mol. The van der Waals surface area contributed by atoms with Crippen LogP contribution in [0.3, 0.4) is 0 Å². The molecule has 2 heterocycles. The number of ether oxygens (including phenoxy) is 2. The van der Waals surface area contributed by atoms with Crippen LogP contribution in [-0.4, -0.2) is 49.7 Å². The maximum Gasteiger partial charge on any atom is 0.309 e. The molecule has 2 aliphatic heterocycles. The first-order valence-corrected chi connectivity index (χ1v) is 10.3. The molecule has 0 aromatic carbocycles. The zero-order valence-corrected chi connectivity index (χ0v) is 14.3. The van der Waals surface area contributed by atoms with Gasteiger partial charge in [-0.15, -0.1) is 0 Å². The number of hydrogen-bond donors (Lipinski definition) is 0. The Bertz CT molecular complexity index is 436. The Balaban J connectivity index is 1.71. The fourth-order valence-corrected chi connectivity index (χ4v) is 5.80. The number of carbonyl (C=O) groups excluding carboxylic acids is 2. The van der Waals surface area contributed by atoms with E-state index in [4.69, 9.17) is 9.47 Å². The summed E-state index contributed by atoms with van der Waals surface area (Å²) >= 11 is 0. The van der Waals surface area contributed by atoms with Gasteiger partial charge in [-0.2, -0.15) is 0 Å². The SMILES string of the molecule is CC(S(=O)CCC1CCOC1=O)S(=O)CCC1CCOC1=O. The predicted octanol–water partition coefficient (Wildman–Crippen LogP) is 0.736. The molecular formula is C14H22O6S2. The van der Waals surface area contributed by atoms with E-state index in [9.17, 15) is 18.0 Å². The van der Waals surface area contributed by atoms with Crippen molar-refractivity contribution in [3.63, 3.8) is 0 Å². The van der Waals surface area contributed by atoms with Gasteiger partial charge in [-0.1, -0.05) is 0 Å². The molecule has 0 radical (unpaired) electrons. The third-order valence-electron chi connectivity index (χ3n) is 4.16. The van der Waals surface area contributed by atoms with E-state index >= 15 is 0 Å². The molecule has 0 amide bonds. The quantitative estimate of drug-likeness (QED) is 0.600. The van der Waals surface area contributed by atoms with Gasteiger partial charge in [0.25, 0.3) is 0 Å². The minimum Gasteiger partial charge on any atom is -0.465 e. The molecule has 0 bridgehead atoms. The summed E-state index contributed by atoms with van der Waals surface area (Å²) in [7, 11) is -2.48. The van der Waals surface area contributed by atoms with E-state index in [0.29, 0.717) is 50.4 Å². The summed E-state index contributed by atoms with van der Waals surface area (Å²) in [5.41, 5.74) is 0. The molecule has 0 aromatic heterocycles. The third kappa shape index (κ3) is 4.62. The standard InChI is InChI=1S/C14H22O6S2/c1-10(21(17)8-4-11-2-6-19-13(11)15)22(18)9-5-12-3-7-20-14(12)16/h10-12H,2-9H2,1H3. The van der Waals surface area contributed by atoms with E-state index < -0.39 is 26.2 Å². The molecule has 22 heavy (non-hydrogen) atoms. The Kier molecular flexibility index (Phi) is 6.55. The van der Waals surface area contributed by atoms with E-state index in [1.807, 2.05) is 0 Å². The highest BCUT2D eigenvalue weighted by atomic mass is 32.2. The maximum absolute atomic E-state index is 12.2. The van der Waals surface area contributed by atoms with Crippen LogP contribution < -0.4 is 0 Å². The number of cyclic esters (lactones) is 2. The monoisotopic (exact) mass is 350 g/mol. The Morgan fingerprint density at radius 2 is 1.36 bits per heavy atom. The van der Waals surface area contributed by atoms with Crippen molar-refractivity contribution in [3.05, 3.63) is 0 Å². The van der Waals surface area contributed by atoms with Crippen LogP contribution in [0.15, 0.2) is 0 Å². The van der Waals surface area contributed by atoms with E-state index in [1.165, 1.54) is 0 Å². The average Bonchev–Trinajstić information content (AvgIpc) is 3.10. The van der Waals surface area contributed by atoms with E-state index in [-0.39, 0.29) is 23.8 Å². The molecule has 126 valence electrons. The summed E-state index contributed by atoms with van der Waals surface area (Å²) in [5.74, 6) is -0.0530. The molecule has 6 nitrogen and oxygen atoms in total. The molecule has 2 fully saturated rings.